The molecule has 3 aromatic rings. The number of nitrogens with one attached hydrogen (secondary N) is 2. The molecule has 0 aliphatic rings. The molecule has 0 unspecified atom stereocenters. The van der Waals surface area contributed by atoms with Crippen LogP contribution in [0.15, 0.2) is 47.6 Å². The third-order valence-electron chi connectivity index (χ3n) is 4.76. The lowest BCUT2D eigenvalue weighted by molar-refractivity contribution is -0.113. The maximum Gasteiger partial charge on any atom is 0.254 e. The van der Waals surface area contributed by atoms with Gasteiger partial charge in [-0.15, -0.1) is 10.2 Å². The molecule has 0 saturated heterocycles. The number of amides is 2. The van der Waals surface area contributed by atoms with Crippen molar-refractivity contribution in [2.75, 3.05) is 11.1 Å². The van der Waals surface area contributed by atoms with Crippen molar-refractivity contribution in [1.29, 1.82) is 0 Å². The summed E-state index contributed by atoms with van der Waals surface area (Å²) in [5, 5.41) is 14.4. The van der Waals surface area contributed by atoms with Gasteiger partial charge in [0.05, 0.1) is 17.9 Å². The minimum absolute atomic E-state index is 0.0253. The minimum atomic E-state index is -0.581. The largest absolute Gasteiger partial charge is 0.345 e. The first-order valence-electron chi connectivity index (χ1n) is 9.83. The van der Waals surface area contributed by atoms with Gasteiger partial charge in [0, 0.05) is 12.2 Å². The number of hydrogen-bond acceptors (Lipinski definition) is 5. The predicted octanol–water partition coefficient (Wildman–Crippen LogP) is 3.71. The van der Waals surface area contributed by atoms with Crippen LogP contribution in [0.2, 0.25) is 0 Å². The van der Waals surface area contributed by atoms with Crippen molar-refractivity contribution in [3.8, 4) is 0 Å². The number of aryl methyl sites for hydroxylation is 2. The van der Waals surface area contributed by atoms with E-state index in [1.54, 1.807) is 6.07 Å². The number of hydrogen-bond donors (Lipinski definition) is 2. The fraction of sp³-hybridized carbons (Fsp3) is 0.273. The summed E-state index contributed by atoms with van der Waals surface area (Å²) in [5.41, 5.74) is 3.00. The van der Waals surface area contributed by atoms with Gasteiger partial charge in [0.2, 0.25) is 5.91 Å². The van der Waals surface area contributed by atoms with Gasteiger partial charge in [0.1, 0.15) is 5.82 Å². The molecule has 7 nitrogen and oxygen atoms in total. The van der Waals surface area contributed by atoms with Gasteiger partial charge in [-0.2, -0.15) is 0 Å². The van der Waals surface area contributed by atoms with Crippen molar-refractivity contribution < 1.29 is 14.0 Å². The monoisotopic (exact) mass is 441 g/mol. The van der Waals surface area contributed by atoms with E-state index in [-0.39, 0.29) is 23.8 Å². The van der Waals surface area contributed by atoms with Gasteiger partial charge in [-0.25, -0.2) is 4.39 Å². The summed E-state index contributed by atoms with van der Waals surface area (Å²) >= 11 is 1.26. The molecule has 1 aromatic heterocycles. The molecule has 0 bridgehead atoms. The molecule has 2 aromatic carbocycles. The number of rotatable bonds is 8. The van der Waals surface area contributed by atoms with E-state index in [0.29, 0.717) is 17.5 Å². The Labute approximate surface area is 184 Å². The molecule has 0 aliphatic heterocycles. The average Bonchev–Trinajstić information content (AvgIpc) is 3.15. The smallest absolute Gasteiger partial charge is 0.254 e. The molecule has 0 radical (unpaired) electrons. The topological polar surface area (TPSA) is 88.9 Å². The van der Waals surface area contributed by atoms with Crippen LogP contribution < -0.4 is 10.6 Å². The first-order chi connectivity index (χ1) is 14.9. The Morgan fingerprint density at radius 1 is 1.10 bits per heavy atom. The Balaban J connectivity index is 1.58. The van der Waals surface area contributed by atoms with Crippen LogP contribution in [0.4, 0.5) is 10.1 Å². The second-order valence-corrected chi connectivity index (χ2v) is 7.88. The zero-order valence-corrected chi connectivity index (χ0v) is 18.4. The molecule has 3 rings (SSSR count). The molecule has 2 amide bonds. The molecule has 2 N–H and O–H groups in total. The fourth-order valence-corrected chi connectivity index (χ4v) is 3.74. The molecule has 1 heterocycles. The Hall–Kier alpha value is -3.20. The van der Waals surface area contributed by atoms with Gasteiger partial charge >= 0.3 is 0 Å². The molecule has 162 valence electrons. The van der Waals surface area contributed by atoms with Crippen LogP contribution in [-0.4, -0.2) is 32.3 Å². The second-order valence-electron chi connectivity index (χ2n) is 6.94. The summed E-state index contributed by atoms with van der Waals surface area (Å²) < 4.78 is 15.6. The van der Waals surface area contributed by atoms with E-state index in [1.165, 1.54) is 30.0 Å². The van der Waals surface area contributed by atoms with E-state index >= 15 is 0 Å². The van der Waals surface area contributed by atoms with Crippen LogP contribution in [0, 0.1) is 19.7 Å². The quantitative estimate of drug-likeness (QED) is 0.520. The van der Waals surface area contributed by atoms with Gasteiger partial charge in [0.25, 0.3) is 5.91 Å². The molecule has 0 atom stereocenters. The van der Waals surface area contributed by atoms with Gasteiger partial charge in [-0.05, 0) is 56.2 Å². The first-order valence-corrected chi connectivity index (χ1v) is 10.8. The third kappa shape index (κ3) is 5.69. The SMILES string of the molecule is CCn1c(CNC(=O)c2ccccc2F)nnc1SCC(=O)Nc1ccc(C)c(C)c1. The van der Waals surface area contributed by atoms with Crippen LogP contribution in [0.1, 0.15) is 34.2 Å². The number of carbonyl (C=O) groups excluding carboxylic acids is 2. The van der Waals surface area contributed by atoms with Crippen LogP contribution in [0.5, 0.6) is 0 Å². The number of carbonyl (C=O) groups is 2. The zero-order valence-electron chi connectivity index (χ0n) is 17.6. The summed E-state index contributed by atoms with van der Waals surface area (Å²) in [4.78, 5) is 24.5. The maximum atomic E-state index is 13.8. The third-order valence-corrected chi connectivity index (χ3v) is 5.73. The second kappa shape index (κ2) is 10.2. The normalized spacial score (nSPS) is 10.7. The van der Waals surface area contributed by atoms with E-state index < -0.39 is 11.7 Å². The lowest BCUT2D eigenvalue weighted by atomic mass is 10.1. The number of halogens is 1. The summed E-state index contributed by atoms with van der Waals surface area (Å²) in [6.45, 7) is 6.61. The van der Waals surface area contributed by atoms with Crippen molar-refractivity contribution in [3.63, 3.8) is 0 Å². The molecule has 31 heavy (non-hydrogen) atoms. The van der Waals surface area contributed by atoms with Crippen LogP contribution in [0.25, 0.3) is 0 Å². The Kier molecular flexibility index (Phi) is 7.41. The summed E-state index contributed by atoms with van der Waals surface area (Å²) in [7, 11) is 0. The Morgan fingerprint density at radius 3 is 2.58 bits per heavy atom. The van der Waals surface area contributed by atoms with Crippen molar-refractivity contribution in [1.82, 2.24) is 20.1 Å². The highest BCUT2D eigenvalue weighted by atomic mass is 32.2. The van der Waals surface area contributed by atoms with E-state index in [0.717, 1.165) is 16.8 Å². The number of aromatic nitrogens is 3. The molecule has 0 saturated carbocycles. The fourth-order valence-electron chi connectivity index (χ4n) is 2.92. The molecular formula is C22H24FN5O2S. The molecule has 0 aliphatic carbocycles. The van der Waals surface area contributed by atoms with Crippen LogP contribution in [0.3, 0.4) is 0 Å². The number of nitrogens with zero attached hydrogens (tertiary/aromatic N) is 3. The lowest BCUT2D eigenvalue weighted by Gasteiger charge is -2.09. The minimum Gasteiger partial charge on any atom is -0.345 e. The highest BCUT2D eigenvalue weighted by Gasteiger charge is 2.16. The van der Waals surface area contributed by atoms with Crippen LogP contribution >= 0.6 is 11.8 Å². The first kappa shape index (κ1) is 22.5. The van der Waals surface area contributed by atoms with Crippen molar-refractivity contribution in [2.24, 2.45) is 0 Å². The van der Waals surface area contributed by atoms with Crippen LogP contribution in [-0.2, 0) is 17.9 Å². The summed E-state index contributed by atoms with van der Waals surface area (Å²) in [5.74, 6) is -0.543. The molecule has 9 heteroatoms. The van der Waals surface area contributed by atoms with Gasteiger partial charge in [0.15, 0.2) is 11.0 Å². The zero-order chi connectivity index (χ0) is 22.4. The summed E-state index contributed by atoms with van der Waals surface area (Å²) in [6, 6.07) is 11.6. The number of anilines is 1. The number of thioether (sulfide) groups is 1. The van der Waals surface area contributed by atoms with Gasteiger partial charge in [-0.1, -0.05) is 30.0 Å². The van der Waals surface area contributed by atoms with Crippen molar-refractivity contribution in [2.45, 2.75) is 39.0 Å². The highest BCUT2D eigenvalue weighted by molar-refractivity contribution is 7.99. The lowest BCUT2D eigenvalue weighted by Crippen LogP contribution is -2.25. The molecule has 0 fully saturated rings. The van der Waals surface area contributed by atoms with Crippen molar-refractivity contribution >= 4 is 29.3 Å². The Morgan fingerprint density at radius 2 is 1.87 bits per heavy atom. The predicted molar refractivity (Wildman–Crippen MR) is 119 cm³/mol. The van der Waals surface area contributed by atoms with E-state index in [1.807, 2.05) is 43.5 Å². The van der Waals surface area contributed by atoms with Crippen molar-refractivity contribution in [3.05, 3.63) is 70.8 Å². The molecule has 0 spiro atoms. The van der Waals surface area contributed by atoms with Gasteiger partial charge in [-0.3, -0.25) is 9.59 Å². The number of benzene rings is 2. The van der Waals surface area contributed by atoms with E-state index in [4.69, 9.17) is 0 Å². The summed E-state index contributed by atoms with van der Waals surface area (Å²) in [6.07, 6.45) is 0. The average molecular weight is 442 g/mol. The van der Waals surface area contributed by atoms with Gasteiger partial charge < -0.3 is 15.2 Å². The Bertz CT molecular complexity index is 1100. The highest BCUT2D eigenvalue weighted by Crippen LogP contribution is 2.19. The molecular weight excluding hydrogens is 417 g/mol. The maximum absolute atomic E-state index is 13.8. The standard InChI is InChI=1S/C22H24FN5O2S/c1-4-28-19(12-24-21(30)17-7-5-6-8-18(17)23)26-27-22(28)31-13-20(29)25-16-10-9-14(2)15(3)11-16/h5-11H,4,12-13H2,1-3H3,(H,24,30)(H,25,29). The van der Waals surface area contributed by atoms with E-state index in [2.05, 4.69) is 20.8 Å². The van der Waals surface area contributed by atoms with E-state index in [9.17, 15) is 14.0 Å².